The summed E-state index contributed by atoms with van der Waals surface area (Å²) < 4.78 is 7.29. The van der Waals surface area contributed by atoms with Gasteiger partial charge in [0.15, 0.2) is 5.82 Å². The van der Waals surface area contributed by atoms with Gasteiger partial charge in [0.25, 0.3) is 0 Å². The Balaban J connectivity index is 1.55. The minimum absolute atomic E-state index is 0.0133. The lowest BCUT2D eigenvalue weighted by Gasteiger charge is -2.19. The first-order chi connectivity index (χ1) is 11.2. The van der Waals surface area contributed by atoms with E-state index in [0.29, 0.717) is 5.95 Å². The number of carbonyl (C=O) groups is 1. The van der Waals surface area contributed by atoms with Gasteiger partial charge in [0, 0.05) is 13.7 Å². The van der Waals surface area contributed by atoms with Crippen molar-refractivity contribution in [2.75, 3.05) is 12.4 Å². The molecule has 0 spiro atoms. The van der Waals surface area contributed by atoms with E-state index in [-0.39, 0.29) is 12.0 Å². The number of nitrogens with zero attached hydrogens (tertiary/aromatic N) is 3. The molecule has 0 bridgehead atoms. The predicted molar refractivity (Wildman–Crippen MR) is 85.0 cm³/mol. The first-order valence-corrected chi connectivity index (χ1v) is 8.07. The van der Waals surface area contributed by atoms with Gasteiger partial charge in [0.05, 0.1) is 5.41 Å². The number of hydrogen-bond donors (Lipinski definition) is 1. The third kappa shape index (κ3) is 2.43. The van der Waals surface area contributed by atoms with Crippen molar-refractivity contribution in [1.82, 2.24) is 14.8 Å². The summed E-state index contributed by atoms with van der Waals surface area (Å²) in [4.78, 5) is 17.2. The fourth-order valence-electron chi connectivity index (χ4n) is 3.34. The quantitative estimate of drug-likeness (QED) is 0.941. The second-order valence-electron chi connectivity index (χ2n) is 6.29. The van der Waals surface area contributed by atoms with Gasteiger partial charge in [-0.15, -0.1) is 5.10 Å². The molecule has 1 aliphatic heterocycles. The summed E-state index contributed by atoms with van der Waals surface area (Å²) in [6, 6.07) is 9.94. The largest absolute Gasteiger partial charge is 0.373 e. The van der Waals surface area contributed by atoms with E-state index in [1.54, 1.807) is 7.11 Å². The monoisotopic (exact) mass is 312 g/mol. The zero-order chi connectivity index (χ0) is 15.9. The molecule has 0 radical (unpaired) electrons. The lowest BCUT2D eigenvalue weighted by Crippen LogP contribution is -2.28. The van der Waals surface area contributed by atoms with E-state index >= 15 is 0 Å². The maximum Gasteiger partial charge on any atom is 0.249 e. The predicted octanol–water partition coefficient (Wildman–Crippen LogP) is 2.43. The van der Waals surface area contributed by atoms with Crippen molar-refractivity contribution >= 4 is 11.9 Å². The van der Waals surface area contributed by atoms with Gasteiger partial charge in [-0.25, -0.2) is 4.68 Å². The molecule has 1 saturated carbocycles. The van der Waals surface area contributed by atoms with Crippen LogP contribution in [0.2, 0.25) is 0 Å². The van der Waals surface area contributed by atoms with E-state index in [0.717, 1.165) is 43.6 Å². The minimum Gasteiger partial charge on any atom is -0.373 e. The smallest absolute Gasteiger partial charge is 0.249 e. The molecule has 6 nitrogen and oxygen atoms in total. The van der Waals surface area contributed by atoms with Crippen molar-refractivity contribution in [3.05, 3.63) is 41.7 Å². The number of amides is 1. The van der Waals surface area contributed by atoms with Gasteiger partial charge in [0.1, 0.15) is 6.10 Å². The number of methoxy groups -OCH3 is 1. The molecular formula is C17H20N4O2. The molecule has 1 aliphatic carbocycles. The third-order valence-corrected chi connectivity index (χ3v) is 4.85. The van der Waals surface area contributed by atoms with Crippen molar-refractivity contribution in [2.24, 2.45) is 0 Å². The molecular weight excluding hydrogens is 292 g/mol. The van der Waals surface area contributed by atoms with Gasteiger partial charge in [-0.1, -0.05) is 30.3 Å². The fraction of sp³-hybridized carbons (Fsp3) is 0.471. The molecule has 0 saturated heterocycles. The van der Waals surface area contributed by atoms with Gasteiger partial charge < -0.3 is 4.74 Å². The van der Waals surface area contributed by atoms with Crippen LogP contribution < -0.4 is 5.32 Å². The number of rotatable bonds is 4. The third-order valence-electron chi connectivity index (χ3n) is 4.85. The molecule has 1 amide bonds. The van der Waals surface area contributed by atoms with E-state index in [2.05, 4.69) is 15.4 Å². The molecule has 1 aromatic carbocycles. The molecule has 1 N–H and O–H groups in total. The molecule has 1 atom stereocenters. The van der Waals surface area contributed by atoms with Crippen LogP contribution in [0.15, 0.2) is 30.3 Å². The normalized spacial score (nSPS) is 21.5. The number of nitrogens with one attached hydrogen (secondary N) is 1. The molecule has 2 aliphatic rings. The Kier molecular flexibility index (Phi) is 3.41. The summed E-state index contributed by atoms with van der Waals surface area (Å²) in [7, 11) is 1.68. The number of ether oxygens (including phenoxy) is 1. The molecule has 23 heavy (non-hydrogen) atoms. The number of aromatic nitrogens is 3. The standard InChI is InChI=1S/C17H20N4O2/c1-23-13-8-5-11-21-14(13)18-16(20-21)19-15(22)17(9-10-17)12-6-3-2-4-7-12/h2-4,6-7,13H,5,8-11H2,1H3,(H,19,20,22). The van der Waals surface area contributed by atoms with E-state index in [1.807, 2.05) is 35.0 Å². The number of fused-ring (bicyclic) bond motifs is 1. The summed E-state index contributed by atoms with van der Waals surface area (Å²) in [5.41, 5.74) is 0.657. The SMILES string of the molecule is COC1CCCn2nc(NC(=O)C3(c4ccccc4)CC3)nc21. The van der Waals surface area contributed by atoms with Crippen LogP contribution in [0, 0.1) is 0 Å². The Morgan fingerprint density at radius 3 is 2.83 bits per heavy atom. The Morgan fingerprint density at radius 1 is 1.35 bits per heavy atom. The molecule has 2 aromatic rings. The van der Waals surface area contributed by atoms with Crippen LogP contribution in [0.4, 0.5) is 5.95 Å². The van der Waals surface area contributed by atoms with Crippen LogP contribution >= 0.6 is 0 Å². The highest BCUT2D eigenvalue weighted by atomic mass is 16.5. The Labute approximate surface area is 134 Å². The number of benzene rings is 1. The van der Waals surface area contributed by atoms with E-state index in [4.69, 9.17) is 4.74 Å². The highest BCUT2D eigenvalue weighted by Crippen LogP contribution is 2.48. The van der Waals surface area contributed by atoms with Gasteiger partial charge in [-0.3, -0.25) is 10.1 Å². The summed E-state index contributed by atoms with van der Waals surface area (Å²) in [6.07, 6.45) is 3.66. The molecule has 2 heterocycles. The van der Waals surface area contributed by atoms with Gasteiger partial charge in [-0.05, 0) is 31.2 Å². The summed E-state index contributed by atoms with van der Waals surface area (Å²) in [6.45, 7) is 0.821. The Hall–Kier alpha value is -2.21. The Bertz CT molecular complexity index is 721. The van der Waals surface area contributed by atoms with Gasteiger partial charge in [-0.2, -0.15) is 4.98 Å². The first kappa shape index (κ1) is 14.4. The maximum atomic E-state index is 12.7. The van der Waals surface area contributed by atoms with E-state index in [9.17, 15) is 4.79 Å². The van der Waals surface area contributed by atoms with Crippen molar-refractivity contribution in [2.45, 2.75) is 43.7 Å². The fourth-order valence-corrected chi connectivity index (χ4v) is 3.34. The van der Waals surface area contributed by atoms with Crippen molar-refractivity contribution < 1.29 is 9.53 Å². The van der Waals surface area contributed by atoms with Crippen LogP contribution in [0.25, 0.3) is 0 Å². The number of anilines is 1. The molecule has 1 fully saturated rings. The first-order valence-electron chi connectivity index (χ1n) is 8.07. The van der Waals surface area contributed by atoms with Crippen molar-refractivity contribution in [3.63, 3.8) is 0 Å². The zero-order valence-electron chi connectivity index (χ0n) is 13.2. The lowest BCUT2D eigenvalue weighted by atomic mass is 9.95. The summed E-state index contributed by atoms with van der Waals surface area (Å²) in [5.74, 6) is 1.18. The van der Waals surface area contributed by atoms with Crippen LogP contribution in [0.1, 0.15) is 43.2 Å². The zero-order valence-corrected chi connectivity index (χ0v) is 13.2. The highest BCUT2D eigenvalue weighted by molar-refractivity contribution is 6.00. The average Bonchev–Trinajstić information content (AvgIpc) is 3.30. The molecule has 6 heteroatoms. The number of carbonyl (C=O) groups excluding carboxylic acids is 1. The summed E-state index contributed by atoms with van der Waals surface area (Å²) >= 11 is 0. The van der Waals surface area contributed by atoms with Crippen LogP contribution in [0.5, 0.6) is 0 Å². The van der Waals surface area contributed by atoms with E-state index in [1.165, 1.54) is 0 Å². The minimum atomic E-state index is -0.409. The number of hydrogen-bond acceptors (Lipinski definition) is 4. The second-order valence-corrected chi connectivity index (χ2v) is 6.29. The van der Waals surface area contributed by atoms with Crippen LogP contribution in [0.3, 0.4) is 0 Å². The maximum absolute atomic E-state index is 12.7. The molecule has 120 valence electrons. The summed E-state index contributed by atoms with van der Waals surface area (Å²) in [5, 5.41) is 7.33. The van der Waals surface area contributed by atoms with Gasteiger partial charge >= 0.3 is 0 Å². The second kappa shape index (κ2) is 5.45. The topological polar surface area (TPSA) is 69.0 Å². The van der Waals surface area contributed by atoms with Crippen molar-refractivity contribution in [1.29, 1.82) is 0 Å². The highest BCUT2D eigenvalue weighted by Gasteiger charge is 2.51. The Morgan fingerprint density at radius 2 is 2.13 bits per heavy atom. The van der Waals surface area contributed by atoms with Crippen LogP contribution in [-0.2, 0) is 21.5 Å². The molecule has 1 unspecified atom stereocenters. The van der Waals surface area contributed by atoms with E-state index < -0.39 is 5.41 Å². The molecule has 1 aromatic heterocycles. The van der Waals surface area contributed by atoms with Crippen molar-refractivity contribution in [3.8, 4) is 0 Å². The molecule has 4 rings (SSSR count). The van der Waals surface area contributed by atoms with Crippen LogP contribution in [-0.4, -0.2) is 27.8 Å². The lowest BCUT2D eigenvalue weighted by molar-refractivity contribution is -0.118. The number of aryl methyl sites for hydroxylation is 1. The average molecular weight is 312 g/mol. The van der Waals surface area contributed by atoms with Gasteiger partial charge in [0.2, 0.25) is 11.9 Å².